The van der Waals surface area contributed by atoms with Crippen LogP contribution in [0.25, 0.3) is 16.8 Å². The van der Waals surface area contributed by atoms with E-state index in [1.807, 2.05) is 28.8 Å². The van der Waals surface area contributed by atoms with Crippen LogP contribution in [0.4, 0.5) is 0 Å². The van der Waals surface area contributed by atoms with Gasteiger partial charge in [0.15, 0.2) is 0 Å². The Kier molecular flexibility index (Phi) is 3.98. The molecular weight excluding hydrogens is 362 g/mol. The molecular formula is C20H17N3O3S. The lowest BCUT2D eigenvalue weighted by atomic mass is 9.71. The second-order valence-corrected chi connectivity index (χ2v) is 8.56. The van der Waals surface area contributed by atoms with Gasteiger partial charge in [0, 0.05) is 41.9 Å². The molecule has 6 nitrogen and oxygen atoms in total. The van der Waals surface area contributed by atoms with Crippen molar-refractivity contribution in [3.05, 3.63) is 54.5 Å². The van der Waals surface area contributed by atoms with Crippen molar-refractivity contribution in [2.45, 2.75) is 35.0 Å². The molecule has 0 atom stereocenters. The number of carboxylic acids is 1. The zero-order chi connectivity index (χ0) is 19.2. The molecule has 1 saturated carbocycles. The molecule has 0 radical (unpaired) electrons. The molecule has 1 aliphatic carbocycles. The van der Waals surface area contributed by atoms with Crippen LogP contribution in [0.15, 0.2) is 53.8 Å². The molecule has 0 aliphatic heterocycles. The van der Waals surface area contributed by atoms with Gasteiger partial charge in [-0.05, 0) is 37.3 Å². The van der Waals surface area contributed by atoms with E-state index in [2.05, 4.69) is 11.1 Å². The number of rotatable bonds is 4. The molecule has 4 rings (SSSR count). The largest absolute Gasteiger partial charge is 0.480 e. The average Bonchev–Trinajstić information content (AvgIpc) is 3.09. The van der Waals surface area contributed by atoms with E-state index in [0.717, 1.165) is 21.7 Å². The third kappa shape index (κ3) is 2.87. The normalized spacial score (nSPS) is 24.3. The summed E-state index contributed by atoms with van der Waals surface area (Å²) in [5.41, 5.74) is 2.02. The van der Waals surface area contributed by atoms with Gasteiger partial charge in [-0.25, -0.2) is 0 Å². The predicted octanol–water partition coefficient (Wildman–Crippen LogP) is 3.33. The van der Waals surface area contributed by atoms with Gasteiger partial charge in [-0.15, -0.1) is 11.8 Å². The van der Waals surface area contributed by atoms with Gasteiger partial charge in [0.2, 0.25) is 0 Å². The van der Waals surface area contributed by atoms with Crippen molar-refractivity contribution < 1.29 is 15.0 Å². The Labute approximate surface area is 160 Å². The molecule has 3 heterocycles. The van der Waals surface area contributed by atoms with Crippen LogP contribution in [0.2, 0.25) is 0 Å². The number of hydrogen-bond donors (Lipinski definition) is 2. The van der Waals surface area contributed by atoms with Gasteiger partial charge >= 0.3 is 5.97 Å². The molecule has 27 heavy (non-hydrogen) atoms. The van der Waals surface area contributed by atoms with Crippen LogP contribution in [0.5, 0.6) is 0 Å². The Morgan fingerprint density at radius 1 is 1.33 bits per heavy atom. The standard InChI is InChI=1S/C20H17N3O3S/c1-19(26)11-20(12-19,18(24)25)27-17-6-7-22-10-14(17)16-5-4-13(9-21)15-3-2-8-23(15)16/h2-8,10,26H,11-12H2,1H3,(H,24,25). The fraction of sp³-hybridized carbons (Fsp3) is 0.250. The molecule has 0 amide bonds. The van der Waals surface area contributed by atoms with Gasteiger partial charge in [0.25, 0.3) is 0 Å². The molecule has 0 saturated heterocycles. The van der Waals surface area contributed by atoms with E-state index < -0.39 is 16.3 Å². The van der Waals surface area contributed by atoms with E-state index in [0.29, 0.717) is 5.56 Å². The van der Waals surface area contributed by atoms with Crippen molar-refractivity contribution in [3.8, 4) is 17.3 Å². The first-order chi connectivity index (χ1) is 12.9. The zero-order valence-corrected chi connectivity index (χ0v) is 15.4. The van der Waals surface area contributed by atoms with Crippen LogP contribution in [0.1, 0.15) is 25.3 Å². The topological polar surface area (TPSA) is 98.6 Å². The van der Waals surface area contributed by atoms with Crippen LogP contribution in [-0.4, -0.2) is 35.9 Å². The first kappa shape index (κ1) is 17.6. The van der Waals surface area contributed by atoms with Gasteiger partial charge in [-0.3, -0.25) is 9.78 Å². The van der Waals surface area contributed by atoms with Crippen LogP contribution in [0.3, 0.4) is 0 Å². The molecule has 0 spiro atoms. The van der Waals surface area contributed by atoms with E-state index in [4.69, 9.17) is 0 Å². The summed E-state index contributed by atoms with van der Waals surface area (Å²) in [6.45, 7) is 1.66. The molecule has 2 N–H and O–H groups in total. The fourth-order valence-corrected chi connectivity index (χ4v) is 5.44. The van der Waals surface area contributed by atoms with Crippen molar-refractivity contribution in [1.82, 2.24) is 9.38 Å². The van der Waals surface area contributed by atoms with Crippen LogP contribution in [-0.2, 0) is 4.79 Å². The number of aliphatic carboxylic acids is 1. The maximum Gasteiger partial charge on any atom is 0.320 e. The minimum absolute atomic E-state index is 0.189. The molecule has 1 fully saturated rings. The molecule has 136 valence electrons. The van der Waals surface area contributed by atoms with Crippen molar-refractivity contribution in [3.63, 3.8) is 0 Å². The van der Waals surface area contributed by atoms with E-state index in [-0.39, 0.29) is 12.8 Å². The number of aliphatic hydroxyl groups is 1. The van der Waals surface area contributed by atoms with Crippen molar-refractivity contribution >= 4 is 23.2 Å². The van der Waals surface area contributed by atoms with Crippen LogP contribution in [0, 0.1) is 11.3 Å². The average molecular weight is 379 g/mol. The minimum atomic E-state index is -1.05. The van der Waals surface area contributed by atoms with E-state index in [1.165, 1.54) is 11.8 Å². The van der Waals surface area contributed by atoms with Gasteiger partial charge in [-0.2, -0.15) is 5.26 Å². The molecule has 0 unspecified atom stereocenters. The first-order valence-corrected chi connectivity index (χ1v) is 9.26. The van der Waals surface area contributed by atoms with Crippen LogP contribution >= 0.6 is 11.8 Å². The lowest BCUT2D eigenvalue weighted by Crippen LogP contribution is -2.57. The number of carbonyl (C=O) groups is 1. The van der Waals surface area contributed by atoms with E-state index >= 15 is 0 Å². The summed E-state index contributed by atoms with van der Waals surface area (Å²) in [6.07, 6.45) is 5.58. The van der Waals surface area contributed by atoms with Crippen molar-refractivity contribution in [2.75, 3.05) is 0 Å². The second-order valence-electron chi connectivity index (χ2n) is 7.13. The quantitative estimate of drug-likeness (QED) is 0.721. The second kappa shape index (κ2) is 6.12. The van der Waals surface area contributed by atoms with E-state index in [1.54, 1.807) is 31.5 Å². The first-order valence-electron chi connectivity index (χ1n) is 8.45. The SMILES string of the molecule is CC1(O)CC(Sc2ccncc2-c2ccc(C#N)c3cccn23)(C(=O)O)C1. The van der Waals surface area contributed by atoms with Crippen LogP contribution < -0.4 is 0 Å². The number of thioether (sulfide) groups is 1. The highest BCUT2D eigenvalue weighted by molar-refractivity contribution is 8.01. The van der Waals surface area contributed by atoms with Gasteiger partial charge in [-0.1, -0.05) is 0 Å². The van der Waals surface area contributed by atoms with Gasteiger partial charge in [0.1, 0.15) is 10.8 Å². The number of nitrogens with zero attached hydrogens (tertiary/aromatic N) is 3. The summed E-state index contributed by atoms with van der Waals surface area (Å²) in [5.74, 6) is -0.923. The smallest absolute Gasteiger partial charge is 0.320 e. The van der Waals surface area contributed by atoms with Gasteiger partial charge < -0.3 is 14.6 Å². The highest BCUT2D eigenvalue weighted by atomic mass is 32.2. The number of pyridine rings is 2. The lowest BCUT2D eigenvalue weighted by Gasteiger charge is -2.48. The monoisotopic (exact) mass is 379 g/mol. The van der Waals surface area contributed by atoms with E-state index in [9.17, 15) is 20.3 Å². The summed E-state index contributed by atoms with van der Waals surface area (Å²) in [5, 5.41) is 29.2. The molecule has 0 aromatic carbocycles. The molecule has 3 aromatic heterocycles. The summed E-state index contributed by atoms with van der Waals surface area (Å²) in [7, 11) is 0. The minimum Gasteiger partial charge on any atom is -0.480 e. The third-order valence-corrected chi connectivity index (χ3v) is 6.33. The maximum absolute atomic E-state index is 11.9. The Bertz CT molecular complexity index is 1090. The Morgan fingerprint density at radius 2 is 2.11 bits per heavy atom. The third-order valence-electron chi connectivity index (χ3n) is 4.90. The number of nitriles is 1. The number of hydrogen-bond acceptors (Lipinski definition) is 5. The molecule has 7 heteroatoms. The Balaban J connectivity index is 1.81. The van der Waals surface area contributed by atoms with Crippen molar-refractivity contribution in [1.29, 1.82) is 5.26 Å². The fourth-order valence-electron chi connectivity index (χ4n) is 3.77. The molecule has 0 bridgehead atoms. The molecule has 1 aliphatic rings. The summed E-state index contributed by atoms with van der Waals surface area (Å²) in [6, 6.07) is 11.3. The molecule has 3 aromatic rings. The summed E-state index contributed by atoms with van der Waals surface area (Å²) >= 11 is 1.25. The summed E-state index contributed by atoms with van der Waals surface area (Å²) in [4.78, 5) is 16.9. The Hall–Kier alpha value is -2.82. The highest BCUT2D eigenvalue weighted by Crippen LogP contribution is 2.54. The number of carboxylic acid groups (broad SMARTS) is 1. The number of aromatic nitrogens is 2. The Morgan fingerprint density at radius 3 is 2.78 bits per heavy atom. The number of fused-ring (bicyclic) bond motifs is 1. The lowest BCUT2D eigenvalue weighted by molar-refractivity contribution is -0.151. The maximum atomic E-state index is 11.9. The van der Waals surface area contributed by atoms with Crippen molar-refractivity contribution in [2.24, 2.45) is 0 Å². The van der Waals surface area contributed by atoms with Gasteiger partial charge in [0.05, 0.1) is 22.4 Å². The highest BCUT2D eigenvalue weighted by Gasteiger charge is 2.57. The zero-order valence-electron chi connectivity index (χ0n) is 14.6. The predicted molar refractivity (Wildman–Crippen MR) is 101 cm³/mol. The summed E-state index contributed by atoms with van der Waals surface area (Å²) < 4.78 is 0.853.